The Morgan fingerprint density at radius 2 is 2.00 bits per heavy atom. The van der Waals surface area contributed by atoms with E-state index in [0.29, 0.717) is 16.9 Å². The van der Waals surface area contributed by atoms with Crippen molar-refractivity contribution in [3.8, 4) is 0 Å². The molecule has 2 aliphatic rings. The summed E-state index contributed by atoms with van der Waals surface area (Å²) >= 11 is 11.9. The Labute approximate surface area is 175 Å². The van der Waals surface area contributed by atoms with Gasteiger partial charge >= 0.3 is 7.12 Å². The normalized spacial score (nSPS) is 24.2. The van der Waals surface area contributed by atoms with E-state index in [1.807, 2.05) is 0 Å². The molecule has 2 amide bonds. The van der Waals surface area contributed by atoms with E-state index in [1.165, 1.54) is 12.1 Å². The van der Waals surface area contributed by atoms with Crippen molar-refractivity contribution in [1.82, 2.24) is 10.6 Å². The molecule has 1 saturated carbocycles. The molecule has 1 aromatic rings. The highest BCUT2D eigenvalue weighted by Crippen LogP contribution is 2.37. The first-order valence-electron chi connectivity index (χ1n) is 9.66. The van der Waals surface area contributed by atoms with E-state index in [1.54, 1.807) is 6.07 Å². The Morgan fingerprint density at radius 1 is 1.21 bits per heavy atom. The average Bonchev–Trinajstić information content (AvgIpc) is 3.09. The van der Waals surface area contributed by atoms with Crippen molar-refractivity contribution < 1.29 is 18.9 Å². The standard InChI is InChI=1S/C19H25BCl2N2O4/c1-11(2)13-4-3-5-16-18(13)28-20(27-16)10-24-17(25)9-23-19(26)14-8-12(21)6-7-15(14)22/h6-8,11,13,16,18H,3-5,9-10H2,1-2H3,(H,23,26)(H,24,25)/t13-,16?,18?/m0/s1. The molecule has 1 heterocycles. The molecule has 6 nitrogen and oxygen atoms in total. The van der Waals surface area contributed by atoms with Gasteiger partial charge < -0.3 is 19.9 Å². The molecule has 0 aromatic heterocycles. The van der Waals surface area contributed by atoms with Gasteiger partial charge in [-0.2, -0.15) is 0 Å². The van der Waals surface area contributed by atoms with Gasteiger partial charge in [0.05, 0.1) is 35.8 Å². The van der Waals surface area contributed by atoms with Crippen LogP contribution in [-0.4, -0.2) is 44.1 Å². The molecule has 0 spiro atoms. The van der Waals surface area contributed by atoms with Gasteiger partial charge in [0.25, 0.3) is 5.91 Å². The minimum Gasteiger partial charge on any atom is -0.405 e. The summed E-state index contributed by atoms with van der Waals surface area (Å²) in [6.07, 6.45) is 3.75. The predicted octanol–water partition coefficient (Wildman–Crippen LogP) is 3.11. The van der Waals surface area contributed by atoms with Gasteiger partial charge in [0, 0.05) is 5.02 Å². The van der Waals surface area contributed by atoms with Crippen LogP contribution in [-0.2, 0) is 14.1 Å². The highest BCUT2D eigenvalue weighted by atomic mass is 35.5. The minimum atomic E-state index is -0.457. The second-order valence-corrected chi connectivity index (χ2v) is 8.50. The first-order valence-corrected chi connectivity index (χ1v) is 10.4. The number of fused-ring (bicyclic) bond motifs is 1. The van der Waals surface area contributed by atoms with Gasteiger partial charge in [-0.05, 0) is 42.9 Å². The second-order valence-electron chi connectivity index (χ2n) is 7.65. The number of halogens is 2. The SMILES string of the molecule is CC(C)[C@@H]1CCCC2OB(CNC(=O)CNC(=O)c3cc(Cl)ccc3Cl)OC21. The summed E-state index contributed by atoms with van der Waals surface area (Å²) in [6, 6.07) is 4.60. The number of hydrogen-bond donors (Lipinski definition) is 2. The molecule has 2 N–H and O–H groups in total. The Kier molecular flexibility index (Phi) is 7.26. The number of rotatable bonds is 6. The smallest absolute Gasteiger partial charge is 0.405 e. The van der Waals surface area contributed by atoms with Gasteiger partial charge in [0.2, 0.25) is 5.91 Å². The second kappa shape index (κ2) is 9.48. The third kappa shape index (κ3) is 5.20. The van der Waals surface area contributed by atoms with Crippen molar-refractivity contribution in [3.05, 3.63) is 33.8 Å². The van der Waals surface area contributed by atoms with E-state index in [4.69, 9.17) is 32.5 Å². The van der Waals surface area contributed by atoms with Gasteiger partial charge in [-0.3, -0.25) is 9.59 Å². The highest BCUT2D eigenvalue weighted by Gasteiger charge is 2.45. The number of amides is 2. The van der Waals surface area contributed by atoms with Crippen LogP contribution in [0, 0.1) is 11.8 Å². The van der Waals surface area contributed by atoms with E-state index < -0.39 is 13.0 Å². The summed E-state index contributed by atoms with van der Waals surface area (Å²) in [5, 5.41) is 5.96. The van der Waals surface area contributed by atoms with Gasteiger partial charge in [-0.1, -0.05) is 43.5 Å². The fourth-order valence-electron chi connectivity index (χ4n) is 3.89. The molecule has 0 radical (unpaired) electrons. The lowest BCUT2D eigenvalue weighted by Gasteiger charge is -2.34. The van der Waals surface area contributed by atoms with Gasteiger partial charge in [-0.25, -0.2) is 0 Å². The maximum atomic E-state index is 12.2. The number of benzene rings is 1. The van der Waals surface area contributed by atoms with E-state index in [9.17, 15) is 9.59 Å². The third-order valence-corrected chi connectivity index (χ3v) is 5.92. The first-order chi connectivity index (χ1) is 13.3. The maximum Gasteiger partial charge on any atom is 0.478 e. The number of carbonyl (C=O) groups excluding carboxylic acids is 2. The Hall–Kier alpha value is -1.28. The fourth-order valence-corrected chi connectivity index (χ4v) is 4.27. The molecule has 1 aromatic carbocycles. The van der Waals surface area contributed by atoms with E-state index in [2.05, 4.69) is 24.5 Å². The van der Waals surface area contributed by atoms with Crippen molar-refractivity contribution in [1.29, 1.82) is 0 Å². The summed E-state index contributed by atoms with van der Waals surface area (Å²) in [4.78, 5) is 24.2. The van der Waals surface area contributed by atoms with Crippen LogP contribution in [0.5, 0.6) is 0 Å². The van der Waals surface area contributed by atoms with Crippen molar-refractivity contribution in [2.24, 2.45) is 11.8 Å². The molecule has 1 saturated heterocycles. The summed E-state index contributed by atoms with van der Waals surface area (Å²) in [5.41, 5.74) is 0.230. The Balaban J connectivity index is 1.44. The lowest BCUT2D eigenvalue weighted by Crippen LogP contribution is -2.42. The topological polar surface area (TPSA) is 76.7 Å². The highest BCUT2D eigenvalue weighted by molar-refractivity contribution is 6.45. The summed E-state index contributed by atoms with van der Waals surface area (Å²) < 4.78 is 12.0. The van der Waals surface area contributed by atoms with Crippen LogP contribution in [0.4, 0.5) is 0 Å². The van der Waals surface area contributed by atoms with E-state index in [0.717, 1.165) is 19.3 Å². The van der Waals surface area contributed by atoms with Crippen molar-refractivity contribution in [2.75, 3.05) is 13.0 Å². The molecule has 2 unspecified atom stereocenters. The van der Waals surface area contributed by atoms with Crippen molar-refractivity contribution in [2.45, 2.75) is 45.3 Å². The molecule has 3 rings (SSSR count). The maximum absolute atomic E-state index is 12.2. The van der Waals surface area contributed by atoms with Crippen LogP contribution >= 0.6 is 23.2 Å². The first kappa shape index (κ1) is 21.4. The minimum absolute atomic E-state index is 0.0975. The zero-order chi connectivity index (χ0) is 20.3. The predicted molar refractivity (Wildman–Crippen MR) is 109 cm³/mol. The largest absolute Gasteiger partial charge is 0.478 e. The van der Waals surface area contributed by atoms with Crippen LogP contribution < -0.4 is 10.6 Å². The van der Waals surface area contributed by atoms with Crippen LogP contribution in [0.1, 0.15) is 43.5 Å². The molecule has 2 fully saturated rings. The molecular formula is C19H25BCl2N2O4. The molecular weight excluding hydrogens is 402 g/mol. The molecule has 1 aliphatic carbocycles. The zero-order valence-corrected chi connectivity index (χ0v) is 17.6. The van der Waals surface area contributed by atoms with Gasteiger partial charge in [0.15, 0.2) is 0 Å². The quantitative estimate of drug-likeness (QED) is 0.685. The molecule has 0 bridgehead atoms. The lowest BCUT2D eigenvalue weighted by atomic mass is 9.78. The fraction of sp³-hybridized carbons (Fsp3) is 0.579. The zero-order valence-electron chi connectivity index (χ0n) is 16.0. The number of carbonyl (C=O) groups is 2. The number of nitrogens with one attached hydrogen (secondary N) is 2. The van der Waals surface area contributed by atoms with Gasteiger partial charge in [0.1, 0.15) is 0 Å². The Bertz CT molecular complexity index is 734. The van der Waals surface area contributed by atoms with Crippen molar-refractivity contribution in [3.63, 3.8) is 0 Å². The Morgan fingerprint density at radius 3 is 2.75 bits per heavy atom. The van der Waals surface area contributed by atoms with Gasteiger partial charge in [-0.15, -0.1) is 0 Å². The van der Waals surface area contributed by atoms with Crippen LogP contribution in [0.2, 0.25) is 10.0 Å². The summed E-state index contributed by atoms with van der Waals surface area (Å²) in [5.74, 6) is 0.246. The van der Waals surface area contributed by atoms with E-state index >= 15 is 0 Å². The summed E-state index contributed by atoms with van der Waals surface area (Å²) in [6.45, 7) is 4.25. The molecule has 28 heavy (non-hydrogen) atoms. The summed E-state index contributed by atoms with van der Waals surface area (Å²) in [7, 11) is -0.448. The van der Waals surface area contributed by atoms with Crippen LogP contribution in [0.25, 0.3) is 0 Å². The average molecular weight is 427 g/mol. The molecule has 3 atom stereocenters. The van der Waals surface area contributed by atoms with E-state index in [-0.39, 0.29) is 41.7 Å². The van der Waals surface area contributed by atoms with Crippen LogP contribution in [0.3, 0.4) is 0 Å². The lowest BCUT2D eigenvalue weighted by molar-refractivity contribution is -0.119. The molecule has 9 heteroatoms. The molecule has 1 aliphatic heterocycles. The molecule has 152 valence electrons. The monoisotopic (exact) mass is 426 g/mol. The number of hydrogen-bond acceptors (Lipinski definition) is 4. The van der Waals surface area contributed by atoms with Crippen LogP contribution in [0.15, 0.2) is 18.2 Å². The van der Waals surface area contributed by atoms with Crippen molar-refractivity contribution >= 4 is 42.1 Å². The third-order valence-electron chi connectivity index (χ3n) is 5.35.